The van der Waals surface area contributed by atoms with Crippen LogP contribution in [0.4, 0.5) is 0 Å². The van der Waals surface area contributed by atoms with Crippen LogP contribution in [0.2, 0.25) is 0 Å². The number of nitrogens with one attached hydrogen (secondary N) is 1. The number of halogens is 1. The molecule has 1 atom stereocenters. The Bertz CT molecular complexity index is 754. The quantitative estimate of drug-likeness (QED) is 0.860. The third-order valence-corrected chi connectivity index (χ3v) is 4.44. The zero-order valence-electron chi connectivity index (χ0n) is 12.3. The van der Waals surface area contributed by atoms with Gasteiger partial charge in [-0.1, -0.05) is 0 Å². The van der Waals surface area contributed by atoms with Gasteiger partial charge < -0.3 is 15.2 Å². The van der Waals surface area contributed by atoms with Crippen LogP contribution in [0.1, 0.15) is 12.0 Å². The number of fused-ring (bicyclic) bond motifs is 1. The highest BCUT2D eigenvalue weighted by molar-refractivity contribution is 9.10. The molecule has 1 aliphatic heterocycles. The summed E-state index contributed by atoms with van der Waals surface area (Å²) < 4.78 is 7.43. The maximum atomic E-state index is 12.6. The minimum absolute atomic E-state index is 0.194. The molecule has 1 fully saturated rings. The van der Waals surface area contributed by atoms with Gasteiger partial charge in [0.05, 0.1) is 24.1 Å². The van der Waals surface area contributed by atoms with Crippen LogP contribution in [0.5, 0.6) is 6.01 Å². The monoisotopic (exact) mass is 367 g/mol. The van der Waals surface area contributed by atoms with Crippen molar-refractivity contribution in [1.82, 2.24) is 14.9 Å². The van der Waals surface area contributed by atoms with Crippen LogP contribution in [-0.4, -0.2) is 40.5 Å². The summed E-state index contributed by atoms with van der Waals surface area (Å²) in [5.41, 5.74) is 1.24. The molecular weight excluding hydrogens is 350 g/mol. The molecule has 0 saturated carbocycles. The number of aromatic hydroxyl groups is 1. The lowest BCUT2D eigenvalue weighted by molar-refractivity contribution is 0.0724. The summed E-state index contributed by atoms with van der Waals surface area (Å²) in [6.45, 7) is 4.48. The minimum atomic E-state index is -0.251. The van der Waals surface area contributed by atoms with Crippen molar-refractivity contribution < 1.29 is 9.84 Å². The van der Waals surface area contributed by atoms with Gasteiger partial charge in [-0.05, 0) is 47.0 Å². The molecule has 0 aliphatic carbocycles. The molecule has 1 unspecified atom stereocenters. The first-order valence-electron chi connectivity index (χ1n) is 7.27. The zero-order valence-corrected chi connectivity index (χ0v) is 13.9. The van der Waals surface area contributed by atoms with Crippen molar-refractivity contribution in [2.75, 3.05) is 19.8 Å². The van der Waals surface area contributed by atoms with Crippen molar-refractivity contribution >= 4 is 26.8 Å². The van der Waals surface area contributed by atoms with E-state index in [1.807, 2.05) is 13.0 Å². The number of rotatable bonds is 3. The molecule has 0 radical (unpaired) electrons. The molecule has 2 heterocycles. The molecule has 0 spiro atoms. The number of hydrogen-bond acceptors (Lipinski definition) is 5. The number of morpholine rings is 1. The molecule has 3 rings (SSSR count). The smallest absolute Gasteiger partial charge is 0.297 e. The Hall–Kier alpha value is -1.44. The molecule has 0 bridgehead atoms. The van der Waals surface area contributed by atoms with Crippen LogP contribution in [0.3, 0.4) is 0 Å². The summed E-state index contributed by atoms with van der Waals surface area (Å²) in [6.07, 6.45) is 0.702. The Labute approximate surface area is 136 Å². The first kappa shape index (κ1) is 15.5. The summed E-state index contributed by atoms with van der Waals surface area (Å²) in [7, 11) is 0. The molecule has 2 aromatic rings. The number of nitrogens with zero attached hydrogens (tertiary/aromatic N) is 2. The van der Waals surface area contributed by atoms with Crippen molar-refractivity contribution in [3.05, 3.63) is 32.5 Å². The molecule has 2 N–H and O–H groups in total. The summed E-state index contributed by atoms with van der Waals surface area (Å²) in [6, 6.07) is 3.62. The number of ether oxygens (including phenoxy) is 1. The summed E-state index contributed by atoms with van der Waals surface area (Å²) in [5, 5.41) is 13.9. The van der Waals surface area contributed by atoms with Crippen LogP contribution < -0.4 is 10.9 Å². The van der Waals surface area contributed by atoms with E-state index in [9.17, 15) is 9.90 Å². The standard InChI is InChI=1S/C15H18BrN3O3/c1-9-6-11-13(12(16)7-9)18-15(21)19(14(11)20)4-2-10-8-22-5-3-17-10/h6-7,10,17H,2-5,8H2,1H3,(H,18,21). The van der Waals surface area contributed by atoms with Gasteiger partial charge in [0.25, 0.3) is 11.6 Å². The Kier molecular flexibility index (Phi) is 4.46. The Morgan fingerprint density at radius 2 is 2.36 bits per heavy atom. The van der Waals surface area contributed by atoms with Gasteiger partial charge >= 0.3 is 0 Å². The largest absolute Gasteiger partial charge is 0.480 e. The summed E-state index contributed by atoms with van der Waals surface area (Å²) in [5.74, 6) is 0. The molecule has 6 nitrogen and oxygen atoms in total. The van der Waals surface area contributed by atoms with Gasteiger partial charge in [0.15, 0.2) is 0 Å². The molecule has 0 amide bonds. The fourth-order valence-corrected chi connectivity index (χ4v) is 3.36. The maximum absolute atomic E-state index is 12.6. The van der Waals surface area contributed by atoms with Gasteiger partial charge in [-0.25, -0.2) is 0 Å². The minimum Gasteiger partial charge on any atom is -0.480 e. The van der Waals surface area contributed by atoms with Crippen LogP contribution in [0, 0.1) is 6.92 Å². The fourth-order valence-electron chi connectivity index (χ4n) is 2.70. The van der Waals surface area contributed by atoms with Crippen LogP contribution in [-0.2, 0) is 11.3 Å². The number of hydrogen-bond donors (Lipinski definition) is 2. The van der Waals surface area contributed by atoms with Crippen LogP contribution in [0.15, 0.2) is 21.4 Å². The normalized spacial score (nSPS) is 18.7. The molecule has 1 aliphatic rings. The predicted molar refractivity (Wildman–Crippen MR) is 87.3 cm³/mol. The maximum Gasteiger partial charge on any atom is 0.297 e. The summed E-state index contributed by atoms with van der Waals surface area (Å²) in [4.78, 5) is 16.8. The molecule has 7 heteroatoms. The van der Waals surface area contributed by atoms with Crippen molar-refractivity contribution in [2.45, 2.75) is 25.9 Å². The van der Waals surface area contributed by atoms with Gasteiger partial charge in [-0.2, -0.15) is 4.98 Å². The van der Waals surface area contributed by atoms with E-state index in [2.05, 4.69) is 26.2 Å². The highest BCUT2D eigenvalue weighted by Crippen LogP contribution is 2.23. The van der Waals surface area contributed by atoms with Crippen molar-refractivity contribution in [1.29, 1.82) is 0 Å². The second kappa shape index (κ2) is 6.36. The predicted octanol–water partition coefficient (Wildman–Crippen LogP) is 1.55. The average Bonchev–Trinajstić information content (AvgIpc) is 2.49. The van der Waals surface area contributed by atoms with E-state index in [1.165, 1.54) is 4.57 Å². The number of aromatic nitrogens is 2. The summed E-state index contributed by atoms with van der Waals surface area (Å²) >= 11 is 3.39. The van der Waals surface area contributed by atoms with Crippen LogP contribution >= 0.6 is 15.9 Å². The first-order valence-corrected chi connectivity index (χ1v) is 8.06. The lowest BCUT2D eigenvalue weighted by Crippen LogP contribution is -2.42. The number of aryl methyl sites for hydroxylation is 1. The van der Waals surface area contributed by atoms with Gasteiger partial charge in [0.2, 0.25) is 0 Å². The highest BCUT2D eigenvalue weighted by Gasteiger charge is 2.16. The lowest BCUT2D eigenvalue weighted by atomic mass is 10.1. The third-order valence-electron chi connectivity index (χ3n) is 3.84. The van der Waals surface area contributed by atoms with E-state index < -0.39 is 0 Å². The Morgan fingerprint density at radius 1 is 1.55 bits per heavy atom. The zero-order chi connectivity index (χ0) is 15.7. The molecular formula is C15H18BrN3O3. The third kappa shape index (κ3) is 3.02. The van der Waals surface area contributed by atoms with E-state index >= 15 is 0 Å². The second-order valence-corrected chi connectivity index (χ2v) is 6.38. The van der Waals surface area contributed by atoms with E-state index in [0.717, 1.165) is 12.1 Å². The molecule has 1 aromatic carbocycles. The second-order valence-electron chi connectivity index (χ2n) is 5.53. The topological polar surface area (TPSA) is 76.4 Å². The van der Waals surface area contributed by atoms with Gasteiger partial charge in [0, 0.05) is 23.6 Å². The van der Waals surface area contributed by atoms with Crippen molar-refractivity contribution in [2.24, 2.45) is 0 Å². The van der Waals surface area contributed by atoms with E-state index in [-0.39, 0.29) is 17.6 Å². The van der Waals surface area contributed by atoms with E-state index in [0.29, 0.717) is 41.6 Å². The van der Waals surface area contributed by atoms with Crippen molar-refractivity contribution in [3.8, 4) is 6.01 Å². The van der Waals surface area contributed by atoms with Gasteiger partial charge in [0.1, 0.15) is 0 Å². The highest BCUT2D eigenvalue weighted by atomic mass is 79.9. The lowest BCUT2D eigenvalue weighted by Gasteiger charge is -2.24. The Balaban J connectivity index is 1.93. The van der Waals surface area contributed by atoms with E-state index in [1.54, 1.807) is 6.07 Å². The first-order chi connectivity index (χ1) is 10.6. The average molecular weight is 368 g/mol. The molecule has 1 aromatic heterocycles. The van der Waals surface area contributed by atoms with Gasteiger partial charge in [-0.3, -0.25) is 9.36 Å². The van der Waals surface area contributed by atoms with Crippen LogP contribution in [0.25, 0.3) is 10.9 Å². The van der Waals surface area contributed by atoms with Crippen molar-refractivity contribution in [3.63, 3.8) is 0 Å². The fraction of sp³-hybridized carbons (Fsp3) is 0.467. The molecule has 22 heavy (non-hydrogen) atoms. The van der Waals surface area contributed by atoms with E-state index in [4.69, 9.17) is 4.74 Å². The SMILES string of the molecule is Cc1cc(Br)c2nc(O)n(CCC3COCCN3)c(=O)c2c1. The molecule has 1 saturated heterocycles. The van der Waals surface area contributed by atoms with Gasteiger partial charge in [-0.15, -0.1) is 0 Å². The Morgan fingerprint density at radius 3 is 3.09 bits per heavy atom. The number of benzene rings is 1. The molecule has 118 valence electrons.